The molecule has 3 aliphatic rings. The Balaban J connectivity index is 1.93. The predicted octanol–water partition coefficient (Wildman–Crippen LogP) is 5.12. The highest BCUT2D eigenvalue weighted by Crippen LogP contribution is 2.65. The van der Waals surface area contributed by atoms with Gasteiger partial charge in [0.1, 0.15) is 0 Å². The van der Waals surface area contributed by atoms with Crippen LogP contribution in [0.5, 0.6) is 0 Å². The summed E-state index contributed by atoms with van der Waals surface area (Å²) >= 11 is 0. The molecule has 0 aromatic rings. The maximum absolute atomic E-state index is 2.62. The van der Waals surface area contributed by atoms with Gasteiger partial charge in [-0.2, -0.15) is 0 Å². The summed E-state index contributed by atoms with van der Waals surface area (Å²) in [5.41, 5.74) is 2.77. The zero-order chi connectivity index (χ0) is 12.1. The van der Waals surface area contributed by atoms with Crippen LogP contribution in [0.4, 0.5) is 0 Å². The van der Waals surface area contributed by atoms with Crippen LogP contribution in [0.3, 0.4) is 0 Å². The first kappa shape index (κ1) is 11.6. The van der Waals surface area contributed by atoms with Crippen LogP contribution in [-0.2, 0) is 0 Å². The van der Waals surface area contributed by atoms with E-state index in [0.29, 0.717) is 10.8 Å². The van der Waals surface area contributed by atoms with Crippen LogP contribution in [0.2, 0.25) is 0 Å². The first-order valence-electron chi connectivity index (χ1n) is 7.43. The van der Waals surface area contributed by atoms with Crippen LogP contribution in [-0.4, -0.2) is 0 Å². The van der Waals surface area contributed by atoms with Crippen molar-refractivity contribution in [2.24, 2.45) is 22.7 Å². The number of fused-ring (bicyclic) bond motifs is 1. The zero-order valence-corrected chi connectivity index (χ0v) is 11.6. The van der Waals surface area contributed by atoms with Gasteiger partial charge in [0.25, 0.3) is 0 Å². The molecule has 0 heterocycles. The van der Waals surface area contributed by atoms with Crippen LogP contribution in [0.15, 0.2) is 23.8 Å². The molecule has 2 fully saturated rings. The summed E-state index contributed by atoms with van der Waals surface area (Å²) < 4.78 is 0. The minimum absolute atomic E-state index is 0.571. The van der Waals surface area contributed by atoms with E-state index in [9.17, 15) is 0 Å². The molecule has 3 unspecified atom stereocenters. The van der Waals surface area contributed by atoms with Gasteiger partial charge in [-0.25, -0.2) is 0 Å². The van der Waals surface area contributed by atoms with Gasteiger partial charge < -0.3 is 0 Å². The Morgan fingerprint density at radius 3 is 2.59 bits per heavy atom. The van der Waals surface area contributed by atoms with Crippen molar-refractivity contribution in [1.82, 2.24) is 0 Å². The Labute approximate surface area is 106 Å². The lowest BCUT2D eigenvalue weighted by atomic mass is 9.52. The molecule has 0 aromatic carbocycles. The summed E-state index contributed by atoms with van der Waals surface area (Å²) in [6, 6.07) is 0. The van der Waals surface area contributed by atoms with E-state index in [2.05, 4.69) is 39.0 Å². The topological polar surface area (TPSA) is 0 Å². The normalized spacial score (nSPS) is 51.4. The van der Waals surface area contributed by atoms with Gasteiger partial charge in [-0.1, -0.05) is 45.4 Å². The van der Waals surface area contributed by atoms with Crippen molar-refractivity contribution in [3.05, 3.63) is 23.8 Å². The second-order valence-corrected chi connectivity index (χ2v) is 7.12. The molecule has 17 heavy (non-hydrogen) atoms. The number of rotatable bonds is 1. The van der Waals surface area contributed by atoms with Gasteiger partial charge in [-0.05, 0) is 60.3 Å². The third-order valence-corrected chi connectivity index (χ3v) is 6.62. The highest BCUT2D eigenvalue weighted by atomic mass is 14.6. The summed E-state index contributed by atoms with van der Waals surface area (Å²) in [6.07, 6.45) is 15.7. The molecule has 0 nitrogen and oxygen atoms in total. The average molecular weight is 230 g/mol. The summed E-state index contributed by atoms with van der Waals surface area (Å²) in [7, 11) is 0. The Bertz CT molecular complexity index is 375. The van der Waals surface area contributed by atoms with E-state index in [1.165, 1.54) is 38.5 Å². The maximum Gasteiger partial charge on any atom is -0.00974 e. The van der Waals surface area contributed by atoms with E-state index in [-0.39, 0.29) is 0 Å². The molecule has 0 radical (unpaired) electrons. The molecular formula is C17H26. The molecule has 0 aliphatic heterocycles. The molecule has 4 atom stereocenters. The smallest absolute Gasteiger partial charge is 0.00974 e. The van der Waals surface area contributed by atoms with Crippen molar-refractivity contribution < 1.29 is 0 Å². The van der Waals surface area contributed by atoms with Gasteiger partial charge >= 0.3 is 0 Å². The second kappa shape index (κ2) is 3.73. The van der Waals surface area contributed by atoms with Gasteiger partial charge in [0.05, 0.1) is 0 Å². The molecule has 3 aliphatic carbocycles. The molecule has 0 amide bonds. The summed E-state index contributed by atoms with van der Waals surface area (Å²) in [5.74, 6) is 1.76. The standard InChI is InChI=1S/C17H26/c1-13-9-11-17(3)15(12-14-6-4-7-14)8-5-10-16(13,17)2/h4,6,12-13,15H,5,7-11H2,1-3H3/b14-12+/t13?,15?,16-,17?/m1/s1. The zero-order valence-electron chi connectivity index (χ0n) is 11.6. The van der Waals surface area contributed by atoms with Crippen LogP contribution in [0.1, 0.15) is 59.3 Å². The van der Waals surface area contributed by atoms with Crippen molar-refractivity contribution in [1.29, 1.82) is 0 Å². The van der Waals surface area contributed by atoms with E-state index >= 15 is 0 Å². The van der Waals surface area contributed by atoms with Crippen molar-refractivity contribution in [2.45, 2.75) is 59.3 Å². The molecule has 0 N–H and O–H groups in total. The van der Waals surface area contributed by atoms with Crippen molar-refractivity contribution in [3.63, 3.8) is 0 Å². The Morgan fingerprint density at radius 2 is 1.94 bits per heavy atom. The molecule has 0 heteroatoms. The summed E-state index contributed by atoms with van der Waals surface area (Å²) in [6.45, 7) is 7.65. The van der Waals surface area contributed by atoms with Gasteiger partial charge in [0.15, 0.2) is 0 Å². The van der Waals surface area contributed by atoms with Crippen molar-refractivity contribution >= 4 is 0 Å². The molecule has 2 saturated carbocycles. The molecule has 94 valence electrons. The third-order valence-electron chi connectivity index (χ3n) is 6.62. The average Bonchev–Trinajstić information content (AvgIpc) is 2.48. The fourth-order valence-corrected chi connectivity index (χ4v) is 4.74. The fraction of sp³-hybridized carbons (Fsp3) is 0.765. The lowest BCUT2D eigenvalue weighted by Gasteiger charge is -2.52. The Kier molecular flexibility index (Phi) is 2.54. The highest BCUT2D eigenvalue weighted by molar-refractivity contribution is 5.32. The van der Waals surface area contributed by atoms with E-state index in [1.54, 1.807) is 5.57 Å². The van der Waals surface area contributed by atoms with Crippen molar-refractivity contribution in [3.8, 4) is 0 Å². The Morgan fingerprint density at radius 1 is 1.18 bits per heavy atom. The van der Waals surface area contributed by atoms with E-state index in [1.807, 2.05) is 0 Å². The molecule has 0 saturated heterocycles. The van der Waals surface area contributed by atoms with E-state index in [4.69, 9.17) is 0 Å². The lowest BCUT2D eigenvalue weighted by molar-refractivity contribution is -0.0121. The largest absolute Gasteiger partial charge is 0.0799 e. The third kappa shape index (κ3) is 1.49. The number of hydrogen-bond donors (Lipinski definition) is 0. The van der Waals surface area contributed by atoms with Gasteiger partial charge in [0, 0.05) is 0 Å². The number of allylic oxidation sites excluding steroid dienone is 4. The molecule has 0 aromatic heterocycles. The predicted molar refractivity (Wildman–Crippen MR) is 73.8 cm³/mol. The lowest BCUT2D eigenvalue weighted by Crippen LogP contribution is -2.44. The van der Waals surface area contributed by atoms with Crippen LogP contribution < -0.4 is 0 Å². The SMILES string of the molecule is CC1CCC2(C)C(/C=C3\C=CC3)CCC[C@]12C. The summed E-state index contributed by atoms with van der Waals surface area (Å²) in [5, 5.41) is 0. The fourth-order valence-electron chi connectivity index (χ4n) is 4.74. The van der Waals surface area contributed by atoms with Crippen LogP contribution in [0.25, 0.3) is 0 Å². The minimum Gasteiger partial charge on any atom is -0.0799 e. The first-order valence-corrected chi connectivity index (χ1v) is 7.43. The molecule has 3 rings (SSSR count). The van der Waals surface area contributed by atoms with Crippen LogP contribution >= 0.6 is 0 Å². The Hall–Kier alpha value is -0.520. The highest BCUT2D eigenvalue weighted by Gasteiger charge is 2.56. The molecular weight excluding hydrogens is 204 g/mol. The quantitative estimate of drug-likeness (QED) is 0.587. The summed E-state index contributed by atoms with van der Waals surface area (Å²) in [4.78, 5) is 0. The number of hydrogen-bond acceptors (Lipinski definition) is 0. The van der Waals surface area contributed by atoms with Crippen molar-refractivity contribution in [2.75, 3.05) is 0 Å². The van der Waals surface area contributed by atoms with Gasteiger partial charge in [-0.15, -0.1) is 0 Å². The first-order chi connectivity index (χ1) is 8.06. The second-order valence-electron chi connectivity index (χ2n) is 7.12. The van der Waals surface area contributed by atoms with E-state index in [0.717, 1.165) is 11.8 Å². The monoisotopic (exact) mass is 230 g/mol. The van der Waals surface area contributed by atoms with Crippen LogP contribution in [0, 0.1) is 22.7 Å². The van der Waals surface area contributed by atoms with Gasteiger partial charge in [0.2, 0.25) is 0 Å². The molecule has 0 spiro atoms. The van der Waals surface area contributed by atoms with E-state index < -0.39 is 0 Å². The minimum atomic E-state index is 0.571. The maximum atomic E-state index is 2.62. The molecule has 0 bridgehead atoms. The van der Waals surface area contributed by atoms with Gasteiger partial charge in [-0.3, -0.25) is 0 Å².